The molecule has 3 aliphatic rings. The van der Waals surface area contributed by atoms with Gasteiger partial charge in [0.25, 0.3) is 0 Å². The zero-order valence-corrected chi connectivity index (χ0v) is 17.2. The lowest BCUT2D eigenvalue weighted by Gasteiger charge is -2.36. The Balaban J connectivity index is 1.26. The van der Waals surface area contributed by atoms with E-state index in [9.17, 15) is 0 Å². The minimum absolute atomic E-state index is 0.641. The molecule has 2 bridgehead atoms. The van der Waals surface area contributed by atoms with Crippen LogP contribution in [-0.2, 0) is 19.6 Å². The fourth-order valence-electron chi connectivity index (χ4n) is 5.00. The SMILES string of the molecule is Cc1[nH]cnc1CN1C[C@H]2CC[C@@H](C1)N(Cc1cccc(Cn3cccn3)c1)C2. The van der Waals surface area contributed by atoms with Gasteiger partial charge in [-0.25, -0.2) is 4.98 Å². The lowest BCUT2D eigenvalue weighted by atomic mass is 9.94. The molecule has 1 aromatic carbocycles. The van der Waals surface area contributed by atoms with E-state index in [0.29, 0.717) is 6.04 Å². The number of piperidine rings is 1. The Kier molecular flexibility index (Phi) is 5.21. The van der Waals surface area contributed by atoms with Crippen molar-refractivity contribution in [3.8, 4) is 0 Å². The maximum absolute atomic E-state index is 4.52. The number of hydrogen-bond donors (Lipinski definition) is 1. The zero-order chi connectivity index (χ0) is 19.6. The third-order valence-corrected chi connectivity index (χ3v) is 6.49. The molecular formula is C23H30N6. The summed E-state index contributed by atoms with van der Waals surface area (Å²) in [6.07, 6.45) is 8.36. The van der Waals surface area contributed by atoms with Gasteiger partial charge in [-0.1, -0.05) is 24.3 Å². The van der Waals surface area contributed by atoms with Gasteiger partial charge in [0.05, 0.1) is 18.6 Å². The molecule has 29 heavy (non-hydrogen) atoms. The number of H-pyrrole nitrogens is 1. The minimum atomic E-state index is 0.641. The molecule has 1 N–H and O–H groups in total. The number of aromatic amines is 1. The van der Waals surface area contributed by atoms with Crippen molar-refractivity contribution in [3.63, 3.8) is 0 Å². The standard InChI is InChI=1S/C23H30N6/c1-18-23(25-17-24-18)16-27-11-21-6-7-22(15-27)28(13-21)12-19-4-2-5-20(10-19)14-29-9-3-8-26-29/h2-5,8-10,17,21-22H,6-7,11-16H2,1H3,(H,24,25)/t21-,22+/m1/s1. The van der Waals surface area contributed by atoms with Gasteiger partial charge in [-0.05, 0) is 42.9 Å². The van der Waals surface area contributed by atoms with Crippen LogP contribution in [0.3, 0.4) is 0 Å². The number of imidazole rings is 1. The number of benzene rings is 1. The molecule has 2 aromatic heterocycles. The summed E-state index contributed by atoms with van der Waals surface area (Å²) in [6, 6.07) is 11.6. The van der Waals surface area contributed by atoms with Crippen LogP contribution in [0.2, 0.25) is 0 Å². The first kappa shape index (κ1) is 18.6. The average molecular weight is 391 g/mol. The van der Waals surface area contributed by atoms with Gasteiger partial charge >= 0.3 is 0 Å². The van der Waals surface area contributed by atoms with E-state index < -0.39 is 0 Å². The molecule has 3 aliphatic heterocycles. The third-order valence-electron chi connectivity index (χ3n) is 6.49. The summed E-state index contributed by atoms with van der Waals surface area (Å²) in [7, 11) is 0. The normalized spacial score (nSPS) is 22.8. The number of aromatic nitrogens is 4. The number of aryl methyl sites for hydroxylation is 1. The van der Waals surface area contributed by atoms with Crippen molar-refractivity contribution in [1.29, 1.82) is 0 Å². The molecule has 2 atom stereocenters. The van der Waals surface area contributed by atoms with Crippen LogP contribution in [0.5, 0.6) is 0 Å². The van der Waals surface area contributed by atoms with E-state index in [-0.39, 0.29) is 0 Å². The number of nitrogens with zero attached hydrogens (tertiary/aromatic N) is 5. The Labute approximate surface area is 172 Å². The summed E-state index contributed by atoms with van der Waals surface area (Å²) in [5.74, 6) is 0.764. The Morgan fingerprint density at radius 1 is 1.03 bits per heavy atom. The molecule has 152 valence electrons. The lowest BCUT2D eigenvalue weighted by molar-refractivity contribution is 0.123. The summed E-state index contributed by atoms with van der Waals surface area (Å²) in [4.78, 5) is 13.1. The first-order chi connectivity index (χ1) is 14.2. The van der Waals surface area contributed by atoms with E-state index in [1.165, 1.54) is 48.4 Å². The summed E-state index contributed by atoms with van der Waals surface area (Å²) in [5, 5.41) is 4.34. The molecule has 3 saturated heterocycles. The summed E-state index contributed by atoms with van der Waals surface area (Å²) < 4.78 is 1.99. The molecule has 0 unspecified atom stereocenters. The van der Waals surface area contributed by atoms with Crippen molar-refractivity contribution in [1.82, 2.24) is 29.5 Å². The molecule has 0 spiro atoms. The largest absolute Gasteiger partial charge is 0.348 e. The van der Waals surface area contributed by atoms with E-state index in [1.807, 2.05) is 29.5 Å². The van der Waals surface area contributed by atoms with Crippen molar-refractivity contribution in [3.05, 3.63) is 71.6 Å². The van der Waals surface area contributed by atoms with Crippen molar-refractivity contribution < 1.29 is 0 Å². The molecular weight excluding hydrogens is 360 g/mol. The zero-order valence-electron chi connectivity index (χ0n) is 17.2. The summed E-state index contributed by atoms with van der Waals surface area (Å²) >= 11 is 0. The van der Waals surface area contributed by atoms with Crippen molar-refractivity contribution in [2.24, 2.45) is 5.92 Å². The number of hydrogen-bond acceptors (Lipinski definition) is 4. The first-order valence-corrected chi connectivity index (χ1v) is 10.7. The van der Waals surface area contributed by atoms with Crippen LogP contribution in [0.15, 0.2) is 49.1 Å². The van der Waals surface area contributed by atoms with E-state index >= 15 is 0 Å². The molecule has 3 aromatic rings. The molecule has 0 amide bonds. The van der Waals surface area contributed by atoms with Gasteiger partial charge < -0.3 is 4.98 Å². The third kappa shape index (κ3) is 4.28. The van der Waals surface area contributed by atoms with Crippen molar-refractivity contribution in [2.75, 3.05) is 19.6 Å². The minimum Gasteiger partial charge on any atom is -0.348 e. The Morgan fingerprint density at radius 2 is 1.93 bits per heavy atom. The topological polar surface area (TPSA) is 53.0 Å². The molecule has 6 nitrogen and oxygen atoms in total. The highest BCUT2D eigenvalue weighted by atomic mass is 15.3. The van der Waals surface area contributed by atoms with E-state index in [2.05, 4.69) is 56.1 Å². The second kappa shape index (κ2) is 8.13. The predicted octanol–water partition coefficient (Wildman–Crippen LogP) is 3.06. The maximum Gasteiger partial charge on any atom is 0.0925 e. The van der Waals surface area contributed by atoms with E-state index in [1.54, 1.807) is 0 Å². The van der Waals surface area contributed by atoms with Crippen LogP contribution in [0, 0.1) is 12.8 Å². The molecule has 6 rings (SSSR count). The smallest absolute Gasteiger partial charge is 0.0925 e. The van der Waals surface area contributed by atoms with Gasteiger partial charge in [0, 0.05) is 56.9 Å². The lowest BCUT2D eigenvalue weighted by Crippen LogP contribution is -2.43. The molecule has 5 heterocycles. The molecule has 0 aliphatic carbocycles. The van der Waals surface area contributed by atoms with Crippen molar-refractivity contribution in [2.45, 2.75) is 45.4 Å². The molecule has 0 saturated carbocycles. The highest BCUT2D eigenvalue weighted by Gasteiger charge is 2.34. The second-order valence-electron chi connectivity index (χ2n) is 8.72. The highest BCUT2D eigenvalue weighted by Crippen LogP contribution is 2.30. The first-order valence-electron chi connectivity index (χ1n) is 10.7. The van der Waals surface area contributed by atoms with Gasteiger partial charge in [-0.2, -0.15) is 5.10 Å². The van der Waals surface area contributed by atoms with Gasteiger partial charge in [0.2, 0.25) is 0 Å². The summed E-state index contributed by atoms with van der Waals surface area (Å²) in [5.41, 5.74) is 5.13. The van der Waals surface area contributed by atoms with Crippen molar-refractivity contribution >= 4 is 0 Å². The van der Waals surface area contributed by atoms with Crippen LogP contribution < -0.4 is 0 Å². The fourth-order valence-corrected chi connectivity index (χ4v) is 5.00. The fraction of sp³-hybridized carbons (Fsp3) is 0.478. The number of rotatable bonds is 6. The van der Waals surface area contributed by atoms with Gasteiger partial charge in [0.15, 0.2) is 0 Å². The number of nitrogens with one attached hydrogen (secondary N) is 1. The molecule has 6 heteroatoms. The van der Waals surface area contributed by atoms with Gasteiger partial charge in [-0.3, -0.25) is 14.5 Å². The highest BCUT2D eigenvalue weighted by molar-refractivity contribution is 5.24. The van der Waals surface area contributed by atoms with Crippen LogP contribution in [0.1, 0.15) is 35.4 Å². The van der Waals surface area contributed by atoms with E-state index in [4.69, 9.17) is 0 Å². The van der Waals surface area contributed by atoms with Crippen LogP contribution in [-0.4, -0.2) is 55.2 Å². The Hall–Kier alpha value is -2.44. The predicted molar refractivity (Wildman–Crippen MR) is 113 cm³/mol. The monoisotopic (exact) mass is 390 g/mol. The molecule has 0 radical (unpaired) electrons. The molecule has 3 fully saturated rings. The Bertz CT molecular complexity index is 931. The Morgan fingerprint density at radius 3 is 2.72 bits per heavy atom. The van der Waals surface area contributed by atoms with Crippen LogP contribution in [0.4, 0.5) is 0 Å². The summed E-state index contributed by atoms with van der Waals surface area (Å²) in [6.45, 7) is 8.53. The average Bonchev–Trinajstić information content (AvgIpc) is 3.27. The quantitative estimate of drug-likeness (QED) is 0.703. The van der Waals surface area contributed by atoms with Crippen LogP contribution in [0.25, 0.3) is 0 Å². The number of fused-ring (bicyclic) bond motifs is 4. The maximum atomic E-state index is 4.52. The van der Waals surface area contributed by atoms with Gasteiger partial charge in [-0.15, -0.1) is 0 Å². The van der Waals surface area contributed by atoms with E-state index in [0.717, 1.165) is 32.1 Å². The second-order valence-corrected chi connectivity index (χ2v) is 8.72. The van der Waals surface area contributed by atoms with Gasteiger partial charge in [0.1, 0.15) is 0 Å². The van der Waals surface area contributed by atoms with Crippen LogP contribution >= 0.6 is 0 Å².